The second kappa shape index (κ2) is 11.1. The van der Waals surface area contributed by atoms with Gasteiger partial charge in [0.15, 0.2) is 11.6 Å². The molecule has 192 valence electrons. The Kier molecular flexibility index (Phi) is 8.43. The van der Waals surface area contributed by atoms with E-state index in [1.807, 2.05) is 0 Å². The fourth-order valence-corrected chi connectivity index (χ4v) is 3.97. The quantitative estimate of drug-likeness (QED) is 0.452. The topological polar surface area (TPSA) is 108 Å². The lowest BCUT2D eigenvalue weighted by atomic mass is 9.93. The largest absolute Gasteiger partial charge is 0.416 e. The van der Waals surface area contributed by atoms with E-state index in [4.69, 9.17) is 5.73 Å². The molecular formula is C22H27F5N6O2. The standard InChI is InChI=1S/C22H27F5N6O2/c1-2-33(9-14-3-4-15(7-16(14)23)22(25,26)27)21-19(24)20(30-12-31-21)29-8-13-5-6-32(10-17(13)34)11-18(28)35/h3-4,7,12-13,17,34H,2,5-6,8-11H2,1H3,(H2,28,35)(H,29,30,31)/t13-,17-/m0/s1. The molecule has 1 aliphatic heterocycles. The van der Waals surface area contributed by atoms with Crippen LogP contribution < -0.4 is 16.0 Å². The lowest BCUT2D eigenvalue weighted by Crippen LogP contribution is -2.48. The Bertz CT molecular complexity index is 1040. The number of anilines is 2. The summed E-state index contributed by atoms with van der Waals surface area (Å²) in [6.07, 6.45) is -3.75. The summed E-state index contributed by atoms with van der Waals surface area (Å²) < 4.78 is 67.9. The zero-order valence-electron chi connectivity index (χ0n) is 19.0. The Labute approximate surface area is 198 Å². The highest BCUT2D eigenvalue weighted by Gasteiger charge is 2.32. The van der Waals surface area contributed by atoms with Gasteiger partial charge < -0.3 is 21.1 Å². The molecule has 1 aromatic carbocycles. The van der Waals surface area contributed by atoms with Gasteiger partial charge >= 0.3 is 6.18 Å². The van der Waals surface area contributed by atoms with Crippen LogP contribution in [0.4, 0.5) is 33.6 Å². The molecule has 0 unspecified atom stereocenters. The number of nitrogens with two attached hydrogens (primary N) is 1. The number of rotatable bonds is 9. The van der Waals surface area contributed by atoms with Crippen molar-refractivity contribution in [3.8, 4) is 0 Å². The minimum atomic E-state index is -4.67. The fourth-order valence-electron chi connectivity index (χ4n) is 3.97. The molecule has 0 radical (unpaired) electrons. The normalized spacial score (nSPS) is 18.9. The summed E-state index contributed by atoms with van der Waals surface area (Å²) in [4.78, 5) is 22.0. The first-order chi connectivity index (χ1) is 16.5. The molecule has 3 rings (SSSR count). The highest BCUT2D eigenvalue weighted by molar-refractivity contribution is 5.75. The summed E-state index contributed by atoms with van der Waals surface area (Å²) in [5.74, 6) is -2.82. The molecule has 0 aliphatic carbocycles. The van der Waals surface area contributed by atoms with Gasteiger partial charge in [0, 0.05) is 37.7 Å². The molecule has 35 heavy (non-hydrogen) atoms. The third kappa shape index (κ3) is 6.75. The lowest BCUT2D eigenvalue weighted by molar-refractivity contribution is -0.137. The predicted molar refractivity (Wildman–Crippen MR) is 118 cm³/mol. The number of halogens is 5. The minimum Gasteiger partial charge on any atom is -0.391 e. The molecule has 2 atom stereocenters. The van der Waals surface area contributed by atoms with E-state index in [0.29, 0.717) is 19.0 Å². The average Bonchev–Trinajstić information content (AvgIpc) is 2.78. The van der Waals surface area contributed by atoms with Crippen LogP contribution in [0.25, 0.3) is 0 Å². The molecule has 1 aromatic heterocycles. The molecule has 1 fully saturated rings. The molecule has 13 heteroatoms. The molecule has 4 N–H and O–H groups in total. The number of nitrogens with one attached hydrogen (secondary N) is 1. The van der Waals surface area contributed by atoms with E-state index in [-0.39, 0.29) is 55.8 Å². The van der Waals surface area contributed by atoms with E-state index in [9.17, 15) is 27.5 Å². The Morgan fingerprint density at radius 1 is 1.31 bits per heavy atom. The van der Waals surface area contributed by atoms with Crippen LogP contribution in [0.2, 0.25) is 0 Å². The van der Waals surface area contributed by atoms with Crippen molar-refractivity contribution >= 4 is 17.5 Å². The Balaban J connectivity index is 1.68. The number of hydrogen-bond donors (Lipinski definition) is 3. The van der Waals surface area contributed by atoms with Crippen LogP contribution in [0.5, 0.6) is 0 Å². The van der Waals surface area contributed by atoms with Crippen molar-refractivity contribution in [3.05, 3.63) is 47.3 Å². The summed E-state index contributed by atoms with van der Waals surface area (Å²) >= 11 is 0. The van der Waals surface area contributed by atoms with Gasteiger partial charge in [-0.25, -0.2) is 14.4 Å². The number of aromatic nitrogens is 2. The van der Waals surface area contributed by atoms with Crippen molar-refractivity contribution in [1.29, 1.82) is 0 Å². The lowest BCUT2D eigenvalue weighted by Gasteiger charge is -2.35. The SMILES string of the molecule is CCN(Cc1ccc(C(F)(F)F)cc1F)c1ncnc(NC[C@@H]2CCN(CC(N)=O)C[C@@H]2O)c1F. The van der Waals surface area contributed by atoms with Gasteiger partial charge in [-0.3, -0.25) is 9.69 Å². The van der Waals surface area contributed by atoms with Gasteiger partial charge in [0.25, 0.3) is 0 Å². The number of carbonyl (C=O) groups excluding carboxylic acids is 1. The van der Waals surface area contributed by atoms with E-state index >= 15 is 4.39 Å². The number of amides is 1. The second-order valence-electron chi connectivity index (χ2n) is 8.38. The van der Waals surface area contributed by atoms with Crippen LogP contribution in [-0.2, 0) is 17.5 Å². The van der Waals surface area contributed by atoms with Gasteiger partial charge in [-0.05, 0) is 32.0 Å². The Morgan fingerprint density at radius 2 is 2.06 bits per heavy atom. The van der Waals surface area contributed by atoms with Gasteiger partial charge in [-0.2, -0.15) is 17.6 Å². The summed E-state index contributed by atoms with van der Waals surface area (Å²) in [5, 5.41) is 13.2. The van der Waals surface area contributed by atoms with E-state index < -0.39 is 35.4 Å². The summed E-state index contributed by atoms with van der Waals surface area (Å²) in [6, 6.07) is 2.20. The highest BCUT2D eigenvalue weighted by atomic mass is 19.4. The molecule has 1 amide bonds. The van der Waals surface area contributed by atoms with Gasteiger partial charge in [-0.1, -0.05) is 6.07 Å². The van der Waals surface area contributed by atoms with Crippen molar-refractivity contribution in [2.45, 2.75) is 32.2 Å². The smallest absolute Gasteiger partial charge is 0.391 e. The first-order valence-electron chi connectivity index (χ1n) is 11.0. The van der Waals surface area contributed by atoms with Crippen LogP contribution in [0, 0.1) is 17.6 Å². The molecule has 2 heterocycles. The Hall–Kier alpha value is -3.06. The van der Waals surface area contributed by atoms with Gasteiger partial charge in [-0.15, -0.1) is 0 Å². The van der Waals surface area contributed by atoms with Crippen LogP contribution in [0.1, 0.15) is 24.5 Å². The minimum absolute atomic E-state index is 0.0433. The predicted octanol–water partition coefficient (Wildman–Crippen LogP) is 2.38. The number of aliphatic hydroxyl groups excluding tert-OH is 1. The third-order valence-corrected chi connectivity index (χ3v) is 5.91. The summed E-state index contributed by atoms with van der Waals surface area (Å²) in [6.45, 7) is 2.73. The summed E-state index contributed by atoms with van der Waals surface area (Å²) in [7, 11) is 0. The van der Waals surface area contributed by atoms with E-state index in [1.165, 1.54) is 4.90 Å². The van der Waals surface area contributed by atoms with Crippen LogP contribution in [0.3, 0.4) is 0 Å². The van der Waals surface area contributed by atoms with Crippen molar-refractivity contribution in [3.63, 3.8) is 0 Å². The molecule has 1 saturated heterocycles. The maximum Gasteiger partial charge on any atom is 0.416 e. The van der Waals surface area contributed by atoms with Crippen molar-refractivity contribution in [2.75, 3.05) is 42.9 Å². The van der Waals surface area contributed by atoms with E-state index in [2.05, 4.69) is 15.3 Å². The third-order valence-electron chi connectivity index (χ3n) is 5.91. The van der Waals surface area contributed by atoms with Gasteiger partial charge in [0.05, 0.1) is 18.2 Å². The molecule has 0 spiro atoms. The van der Waals surface area contributed by atoms with Crippen molar-refractivity contribution in [2.24, 2.45) is 11.7 Å². The first kappa shape index (κ1) is 26.5. The highest BCUT2D eigenvalue weighted by Crippen LogP contribution is 2.31. The monoisotopic (exact) mass is 502 g/mol. The molecule has 0 saturated carbocycles. The number of likely N-dealkylation sites (tertiary alicyclic amines) is 1. The number of alkyl halides is 3. The number of aliphatic hydroxyl groups is 1. The number of nitrogens with zero attached hydrogens (tertiary/aromatic N) is 4. The maximum atomic E-state index is 15.2. The zero-order chi connectivity index (χ0) is 25.8. The zero-order valence-corrected chi connectivity index (χ0v) is 19.0. The van der Waals surface area contributed by atoms with Crippen LogP contribution >= 0.6 is 0 Å². The maximum absolute atomic E-state index is 15.2. The number of piperidine rings is 1. The number of carbonyl (C=O) groups is 1. The number of hydrogen-bond acceptors (Lipinski definition) is 7. The van der Waals surface area contributed by atoms with Crippen LogP contribution in [0.15, 0.2) is 24.5 Å². The number of β-amino-alcohol motifs (C(OH)–C–C–N with tert-alkyl or cyclic N) is 1. The van der Waals surface area contributed by atoms with Gasteiger partial charge in [0.2, 0.25) is 11.7 Å². The van der Waals surface area contributed by atoms with Crippen molar-refractivity contribution < 1.29 is 31.9 Å². The van der Waals surface area contributed by atoms with E-state index in [0.717, 1.165) is 18.5 Å². The average molecular weight is 502 g/mol. The summed E-state index contributed by atoms with van der Waals surface area (Å²) in [5.41, 5.74) is 4.03. The molecule has 1 aliphatic rings. The number of primary amides is 1. The fraction of sp³-hybridized carbons (Fsp3) is 0.500. The second-order valence-corrected chi connectivity index (χ2v) is 8.38. The molecule has 8 nitrogen and oxygen atoms in total. The number of benzene rings is 1. The molecular weight excluding hydrogens is 475 g/mol. The van der Waals surface area contributed by atoms with Crippen LogP contribution in [-0.4, -0.2) is 64.7 Å². The van der Waals surface area contributed by atoms with Crippen molar-refractivity contribution in [1.82, 2.24) is 14.9 Å². The molecule has 2 aromatic rings. The van der Waals surface area contributed by atoms with Gasteiger partial charge in [0.1, 0.15) is 12.1 Å². The molecule has 0 bridgehead atoms. The van der Waals surface area contributed by atoms with E-state index in [1.54, 1.807) is 11.8 Å². The first-order valence-corrected chi connectivity index (χ1v) is 11.0. The Morgan fingerprint density at radius 3 is 2.66 bits per heavy atom.